The Labute approximate surface area is 102 Å². The Morgan fingerprint density at radius 1 is 1.35 bits per heavy atom. The van der Waals surface area contributed by atoms with Crippen LogP contribution in [0.25, 0.3) is 0 Å². The van der Waals surface area contributed by atoms with Gasteiger partial charge in [-0.05, 0) is 38.4 Å². The van der Waals surface area contributed by atoms with Crippen LogP contribution in [0.5, 0.6) is 0 Å². The van der Waals surface area contributed by atoms with E-state index in [1.54, 1.807) is 16.7 Å². The van der Waals surface area contributed by atoms with Gasteiger partial charge in [0.1, 0.15) is 0 Å². The van der Waals surface area contributed by atoms with Crippen molar-refractivity contribution < 1.29 is 0 Å². The first-order valence-corrected chi connectivity index (χ1v) is 6.41. The van der Waals surface area contributed by atoms with Gasteiger partial charge in [0.05, 0.1) is 0 Å². The third-order valence-corrected chi connectivity index (χ3v) is 3.24. The molecule has 2 N–H and O–H groups in total. The van der Waals surface area contributed by atoms with Crippen molar-refractivity contribution in [2.24, 2.45) is 5.73 Å². The lowest BCUT2D eigenvalue weighted by molar-refractivity contribution is 0.250. The first-order chi connectivity index (χ1) is 8.31. The maximum atomic E-state index is 11.6. The van der Waals surface area contributed by atoms with Crippen LogP contribution in [0.3, 0.4) is 0 Å². The molecule has 0 saturated heterocycles. The predicted octanol–water partition coefficient (Wildman–Crippen LogP) is 0.661. The zero-order chi connectivity index (χ0) is 12.1. The van der Waals surface area contributed by atoms with Crippen molar-refractivity contribution >= 4 is 0 Å². The van der Waals surface area contributed by atoms with Crippen LogP contribution in [-0.2, 0) is 6.54 Å². The smallest absolute Gasteiger partial charge is 0.250 e. The molecule has 1 aliphatic carbocycles. The van der Waals surface area contributed by atoms with E-state index in [4.69, 9.17) is 5.73 Å². The van der Waals surface area contributed by atoms with Gasteiger partial charge >= 0.3 is 0 Å². The topological polar surface area (TPSA) is 51.3 Å². The van der Waals surface area contributed by atoms with E-state index in [1.807, 2.05) is 12.3 Å². The van der Waals surface area contributed by atoms with Gasteiger partial charge in [0.25, 0.3) is 5.56 Å². The van der Waals surface area contributed by atoms with Gasteiger partial charge in [-0.15, -0.1) is 0 Å². The molecule has 1 aromatic rings. The average molecular weight is 235 g/mol. The van der Waals surface area contributed by atoms with Gasteiger partial charge in [0.15, 0.2) is 0 Å². The molecule has 0 aromatic carbocycles. The van der Waals surface area contributed by atoms with Gasteiger partial charge in [-0.2, -0.15) is 0 Å². The number of hydrogen-bond donors (Lipinski definition) is 1. The van der Waals surface area contributed by atoms with Crippen LogP contribution in [0.1, 0.15) is 19.3 Å². The molecule has 4 nitrogen and oxygen atoms in total. The lowest BCUT2D eigenvalue weighted by atomic mass is 10.3. The Bertz CT molecular complexity index is 398. The number of hydrogen-bond acceptors (Lipinski definition) is 3. The van der Waals surface area contributed by atoms with Gasteiger partial charge in [-0.1, -0.05) is 6.07 Å². The Morgan fingerprint density at radius 2 is 2.18 bits per heavy atom. The molecule has 0 bridgehead atoms. The van der Waals surface area contributed by atoms with Crippen LogP contribution < -0.4 is 11.3 Å². The summed E-state index contributed by atoms with van der Waals surface area (Å²) >= 11 is 0. The Hall–Kier alpha value is -1.13. The molecule has 0 spiro atoms. The third-order valence-electron chi connectivity index (χ3n) is 3.24. The molecule has 2 rings (SSSR count). The minimum absolute atomic E-state index is 0.0853. The lowest BCUT2D eigenvalue weighted by Gasteiger charge is -2.21. The first kappa shape index (κ1) is 12.3. The summed E-state index contributed by atoms with van der Waals surface area (Å²) in [6, 6.07) is 6.04. The summed E-state index contributed by atoms with van der Waals surface area (Å²) in [5.74, 6) is 0. The zero-order valence-corrected chi connectivity index (χ0v) is 10.2. The van der Waals surface area contributed by atoms with Gasteiger partial charge in [-0.3, -0.25) is 9.69 Å². The number of pyridine rings is 1. The van der Waals surface area contributed by atoms with Crippen LogP contribution >= 0.6 is 0 Å². The fraction of sp³-hybridized carbons (Fsp3) is 0.615. The van der Waals surface area contributed by atoms with Crippen molar-refractivity contribution in [1.82, 2.24) is 9.47 Å². The average Bonchev–Trinajstić information content (AvgIpc) is 3.15. The van der Waals surface area contributed by atoms with Gasteiger partial charge in [-0.25, -0.2) is 0 Å². The van der Waals surface area contributed by atoms with Crippen molar-refractivity contribution in [1.29, 1.82) is 0 Å². The number of nitrogens with zero attached hydrogens (tertiary/aromatic N) is 2. The molecule has 94 valence electrons. The minimum atomic E-state index is 0.0853. The second-order valence-electron chi connectivity index (χ2n) is 4.64. The van der Waals surface area contributed by atoms with E-state index in [1.165, 1.54) is 12.8 Å². The molecule has 4 heteroatoms. The quantitative estimate of drug-likeness (QED) is 0.755. The molecular weight excluding hydrogens is 214 g/mol. The summed E-state index contributed by atoms with van der Waals surface area (Å²) in [5, 5.41) is 0. The van der Waals surface area contributed by atoms with Crippen LogP contribution in [-0.4, -0.2) is 35.1 Å². The van der Waals surface area contributed by atoms with Crippen molar-refractivity contribution in [3.05, 3.63) is 34.7 Å². The highest BCUT2D eigenvalue weighted by molar-refractivity contribution is 4.93. The highest BCUT2D eigenvalue weighted by atomic mass is 16.1. The summed E-state index contributed by atoms with van der Waals surface area (Å²) < 4.78 is 1.78. The Kier molecular flexibility index (Phi) is 4.34. The summed E-state index contributed by atoms with van der Waals surface area (Å²) in [5.41, 5.74) is 5.63. The van der Waals surface area contributed by atoms with E-state index in [-0.39, 0.29) is 5.56 Å². The van der Waals surface area contributed by atoms with Crippen LogP contribution in [0, 0.1) is 0 Å². The minimum Gasteiger partial charge on any atom is -0.330 e. The molecule has 1 heterocycles. The molecular formula is C13H21N3O. The second kappa shape index (κ2) is 5.98. The van der Waals surface area contributed by atoms with Crippen molar-refractivity contribution in [3.63, 3.8) is 0 Å². The second-order valence-corrected chi connectivity index (χ2v) is 4.64. The fourth-order valence-electron chi connectivity index (χ4n) is 2.09. The highest BCUT2D eigenvalue weighted by Crippen LogP contribution is 2.26. The molecule has 1 saturated carbocycles. The first-order valence-electron chi connectivity index (χ1n) is 6.41. The maximum Gasteiger partial charge on any atom is 0.250 e. The normalized spacial score (nSPS) is 15.4. The SMILES string of the molecule is NCCCN(CCn1ccccc1=O)C1CC1. The van der Waals surface area contributed by atoms with Crippen molar-refractivity contribution in [2.45, 2.75) is 31.8 Å². The maximum absolute atomic E-state index is 11.6. The molecule has 0 radical (unpaired) electrons. The zero-order valence-electron chi connectivity index (χ0n) is 10.2. The van der Waals surface area contributed by atoms with Crippen molar-refractivity contribution in [3.8, 4) is 0 Å². The summed E-state index contributed by atoms with van der Waals surface area (Å²) in [7, 11) is 0. The third kappa shape index (κ3) is 3.68. The lowest BCUT2D eigenvalue weighted by Crippen LogP contribution is -2.33. The van der Waals surface area contributed by atoms with Gasteiger partial charge in [0, 0.05) is 31.4 Å². The molecule has 0 amide bonds. The molecule has 0 unspecified atom stereocenters. The molecule has 1 aromatic heterocycles. The standard InChI is InChI=1S/C13H21N3O/c14-7-3-9-15(12-5-6-12)10-11-16-8-2-1-4-13(16)17/h1-2,4,8,12H,3,5-7,9-11,14H2. The highest BCUT2D eigenvalue weighted by Gasteiger charge is 2.27. The molecule has 17 heavy (non-hydrogen) atoms. The Balaban J connectivity index is 1.86. The van der Waals surface area contributed by atoms with Gasteiger partial charge < -0.3 is 10.3 Å². The number of rotatable bonds is 7. The summed E-state index contributed by atoms with van der Waals surface area (Å²) in [6.07, 6.45) is 5.50. The van der Waals surface area contributed by atoms with E-state index in [0.29, 0.717) is 0 Å². The number of nitrogens with two attached hydrogens (primary N) is 1. The van der Waals surface area contributed by atoms with Crippen LogP contribution in [0.15, 0.2) is 29.2 Å². The predicted molar refractivity (Wildman–Crippen MR) is 69.0 cm³/mol. The summed E-state index contributed by atoms with van der Waals surface area (Å²) in [4.78, 5) is 14.0. The van der Waals surface area contributed by atoms with E-state index < -0.39 is 0 Å². The van der Waals surface area contributed by atoms with Crippen molar-refractivity contribution in [2.75, 3.05) is 19.6 Å². The molecule has 0 atom stereocenters. The van der Waals surface area contributed by atoms with E-state index in [2.05, 4.69) is 4.90 Å². The Morgan fingerprint density at radius 3 is 2.82 bits per heavy atom. The van der Waals surface area contributed by atoms with Crippen LogP contribution in [0.4, 0.5) is 0 Å². The monoisotopic (exact) mass is 235 g/mol. The summed E-state index contributed by atoms with van der Waals surface area (Å²) in [6.45, 7) is 3.53. The molecule has 1 aliphatic rings. The van der Waals surface area contributed by atoms with Crippen LogP contribution in [0.2, 0.25) is 0 Å². The van der Waals surface area contributed by atoms with E-state index >= 15 is 0 Å². The fourth-order valence-corrected chi connectivity index (χ4v) is 2.09. The number of aromatic nitrogens is 1. The van der Waals surface area contributed by atoms with E-state index in [0.717, 1.165) is 38.6 Å². The molecule has 0 aliphatic heterocycles. The molecule has 1 fully saturated rings. The largest absolute Gasteiger partial charge is 0.330 e. The van der Waals surface area contributed by atoms with Gasteiger partial charge in [0.2, 0.25) is 0 Å². The van der Waals surface area contributed by atoms with E-state index in [9.17, 15) is 4.79 Å².